The van der Waals surface area contributed by atoms with Crippen LogP contribution in [0, 0.1) is 0 Å². The summed E-state index contributed by atoms with van der Waals surface area (Å²) in [6.45, 7) is 7.30. The van der Waals surface area contributed by atoms with Gasteiger partial charge in [-0.15, -0.1) is 17.9 Å². The lowest BCUT2D eigenvalue weighted by atomic mass is 10.1. The number of amides is 2. The number of thioether (sulfide) groups is 1. The second-order valence-corrected chi connectivity index (χ2v) is 8.39. The maximum absolute atomic E-state index is 12.6. The summed E-state index contributed by atoms with van der Waals surface area (Å²) >= 11 is 2.65. The van der Waals surface area contributed by atoms with E-state index in [1.807, 2.05) is 5.38 Å². The highest BCUT2D eigenvalue weighted by Crippen LogP contribution is 2.21. The van der Waals surface area contributed by atoms with E-state index >= 15 is 0 Å². The van der Waals surface area contributed by atoms with E-state index in [9.17, 15) is 14.4 Å². The van der Waals surface area contributed by atoms with Crippen molar-refractivity contribution in [1.29, 1.82) is 0 Å². The molecule has 0 aromatic carbocycles. The Bertz CT molecular complexity index is 947. The minimum Gasteiger partial charge on any atom is -0.450 e. The Kier molecular flexibility index (Phi) is 7.32. The second-order valence-electron chi connectivity index (χ2n) is 6.55. The first-order chi connectivity index (χ1) is 14.0. The van der Waals surface area contributed by atoms with Crippen molar-refractivity contribution >= 4 is 45.3 Å². The topological polar surface area (TPSA) is 93.5 Å². The minimum absolute atomic E-state index is 0.0249. The molecule has 2 amide bonds. The quantitative estimate of drug-likeness (QED) is 0.407. The van der Waals surface area contributed by atoms with Gasteiger partial charge in [-0.3, -0.25) is 14.2 Å². The molecule has 0 bridgehead atoms. The summed E-state index contributed by atoms with van der Waals surface area (Å²) in [4.78, 5) is 43.6. The average Bonchev–Trinajstić information content (AvgIpc) is 3.18. The van der Waals surface area contributed by atoms with E-state index in [0.717, 1.165) is 0 Å². The number of rotatable bonds is 7. The van der Waals surface area contributed by atoms with Crippen LogP contribution in [0.4, 0.5) is 4.79 Å². The van der Waals surface area contributed by atoms with Crippen LogP contribution in [-0.2, 0) is 16.1 Å². The number of hydrogen-bond donors (Lipinski definition) is 1. The monoisotopic (exact) mass is 436 g/mol. The van der Waals surface area contributed by atoms with Gasteiger partial charge in [0, 0.05) is 25.7 Å². The SMILES string of the molecule is C=CCn1c(SCC(=O)NC2CCN(C(=O)OCC)CC2)nc2sccc2c1=O. The van der Waals surface area contributed by atoms with Gasteiger partial charge in [0.25, 0.3) is 5.56 Å². The fourth-order valence-electron chi connectivity index (χ4n) is 3.15. The molecule has 29 heavy (non-hydrogen) atoms. The van der Waals surface area contributed by atoms with E-state index in [0.29, 0.717) is 54.5 Å². The Balaban J connectivity index is 1.56. The number of nitrogens with one attached hydrogen (secondary N) is 1. The van der Waals surface area contributed by atoms with Crippen LogP contribution >= 0.6 is 23.1 Å². The molecular weight excluding hydrogens is 412 g/mol. The Morgan fingerprint density at radius 1 is 1.45 bits per heavy atom. The zero-order valence-electron chi connectivity index (χ0n) is 16.3. The van der Waals surface area contributed by atoms with Crippen molar-refractivity contribution in [3.63, 3.8) is 0 Å². The summed E-state index contributed by atoms with van der Waals surface area (Å²) < 4.78 is 6.55. The predicted molar refractivity (Wildman–Crippen MR) is 115 cm³/mol. The number of allylic oxidation sites excluding steroid dienone is 1. The lowest BCUT2D eigenvalue weighted by Crippen LogP contribution is -2.47. The number of fused-ring (bicyclic) bond motifs is 1. The zero-order chi connectivity index (χ0) is 20.8. The summed E-state index contributed by atoms with van der Waals surface area (Å²) in [5.41, 5.74) is -0.120. The number of carbonyl (C=O) groups excluding carboxylic acids is 2. The lowest BCUT2D eigenvalue weighted by Gasteiger charge is -2.31. The van der Waals surface area contributed by atoms with E-state index in [1.165, 1.54) is 27.7 Å². The first kappa shape index (κ1) is 21.4. The van der Waals surface area contributed by atoms with Gasteiger partial charge in [0.1, 0.15) is 4.83 Å². The van der Waals surface area contributed by atoms with Crippen LogP contribution in [0.2, 0.25) is 0 Å². The molecule has 0 spiro atoms. The highest BCUT2D eigenvalue weighted by molar-refractivity contribution is 7.99. The number of aromatic nitrogens is 2. The molecule has 2 aromatic heterocycles. The van der Waals surface area contributed by atoms with Gasteiger partial charge in [0.15, 0.2) is 5.16 Å². The third-order valence-corrected chi connectivity index (χ3v) is 6.36. The summed E-state index contributed by atoms with van der Waals surface area (Å²) in [5, 5.41) is 5.94. The third-order valence-electron chi connectivity index (χ3n) is 4.58. The second kappa shape index (κ2) is 9.93. The van der Waals surface area contributed by atoms with Gasteiger partial charge < -0.3 is 15.0 Å². The normalized spacial score (nSPS) is 14.7. The van der Waals surface area contributed by atoms with E-state index in [1.54, 1.807) is 24.0 Å². The molecule has 0 saturated carbocycles. The van der Waals surface area contributed by atoms with Gasteiger partial charge in [-0.05, 0) is 31.2 Å². The molecule has 10 heteroatoms. The van der Waals surface area contributed by atoms with Gasteiger partial charge in [-0.1, -0.05) is 17.8 Å². The molecule has 3 rings (SSSR count). The summed E-state index contributed by atoms with van der Waals surface area (Å²) in [5.74, 6) is 0.0497. The number of ether oxygens (including phenoxy) is 1. The molecule has 3 heterocycles. The smallest absolute Gasteiger partial charge is 0.409 e. The molecule has 1 saturated heterocycles. The molecular formula is C19H24N4O4S2. The van der Waals surface area contributed by atoms with E-state index in [2.05, 4.69) is 16.9 Å². The molecule has 0 unspecified atom stereocenters. The Morgan fingerprint density at radius 3 is 2.90 bits per heavy atom. The van der Waals surface area contributed by atoms with Crippen molar-refractivity contribution in [1.82, 2.24) is 19.8 Å². The van der Waals surface area contributed by atoms with E-state index in [-0.39, 0.29) is 29.4 Å². The first-order valence-corrected chi connectivity index (χ1v) is 11.3. The molecule has 0 atom stereocenters. The van der Waals surface area contributed by atoms with E-state index in [4.69, 9.17) is 4.74 Å². The molecule has 1 aliphatic rings. The van der Waals surface area contributed by atoms with Crippen LogP contribution in [0.3, 0.4) is 0 Å². The number of piperidine rings is 1. The maximum atomic E-state index is 12.6. The first-order valence-electron chi connectivity index (χ1n) is 9.46. The fourth-order valence-corrected chi connectivity index (χ4v) is 4.78. The Labute approximate surface area is 176 Å². The van der Waals surface area contributed by atoms with Crippen molar-refractivity contribution in [3.05, 3.63) is 34.5 Å². The average molecular weight is 437 g/mol. The summed E-state index contributed by atoms with van der Waals surface area (Å²) in [6.07, 6.45) is 2.72. The Morgan fingerprint density at radius 2 is 2.21 bits per heavy atom. The molecule has 156 valence electrons. The highest BCUT2D eigenvalue weighted by Gasteiger charge is 2.24. The van der Waals surface area contributed by atoms with Gasteiger partial charge in [0.2, 0.25) is 5.91 Å². The van der Waals surface area contributed by atoms with Crippen LogP contribution in [0.5, 0.6) is 0 Å². The number of likely N-dealkylation sites (tertiary alicyclic amines) is 1. The van der Waals surface area contributed by atoms with Crippen molar-refractivity contribution in [3.8, 4) is 0 Å². The fraction of sp³-hybridized carbons (Fsp3) is 0.474. The summed E-state index contributed by atoms with van der Waals surface area (Å²) in [7, 11) is 0. The number of thiophene rings is 1. The molecule has 1 N–H and O–H groups in total. The predicted octanol–water partition coefficient (Wildman–Crippen LogP) is 2.47. The van der Waals surface area contributed by atoms with Crippen molar-refractivity contribution in [2.24, 2.45) is 0 Å². The van der Waals surface area contributed by atoms with Crippen molar-refractivity contribution in [2.45, 2.75) is 37.5 Å². The standard InChI is InChI=1S/C19H24N4O4S2/c1-3-8-23-17(25)14-7-11-28-16(14)21-18(23)29-12-15(24)20-13-5-9-22(10-6-13)19(26)27-4-2/h3,7,11,13H,1,4-6,8-10,12H2,2H3,(H,20,24). The third kappa shape index (κ3) is 5.18. The van der Waals surface area contributed by atoms with Gasteiger partial charge in [-0.2, -0.15) is 0 Å². The van der Waals surface area contributed by atoms with Crippen LogP contribution in [0.25, 0.3) is 10.2 Å². The van der Waals surface area contributed by atoms with Crippen LogP contribution in [0.15, 0.2) is 34.1 Å². The molecule has 8 nitrogen and oxygen atoms in total. The number of nitrogens with zero attached hydrogens (tertiary/aromatic N) is 3. The van der Waals surface area contributed by atoms with E-state index < -0.39 is 0 Å². The number of hydrogen-bond acceptors (Lipinski definition) is 7. The summed E-state index contributed by atoms with van der Waals surface area (Å²) in [6, 6.07) is 1.79. The van der Waals surface area contributed by atoms with Gasteiger partial charge >= 0.3 is 6.09 Å². The minimum atomic E-state index is -0.303. The molecule has 0 aliphatic carbocycles. The molecule has 0 radical (unpaired) electrons. The van der Waals surface area contributed by atoms with Crippen LogP contribution in [-0.4, -0.2) is 57.9 Å². The highest BCUT2D eigenvalue weighted by atomic mass is 32.2. The molecule has 1 fully saturated rings. The molecule has 2 aromatic rings. The lowest BCUT2D eigenvalue weighted by molar-refractivity contribution is -0.119. The Hall–Kier alpha value is -2.33. The van der Waals surface area contributed by atoms with Crippen molar-refractivity contribution in [2.75, 3.05) is 25.4 Å². The number of carbonyl (C=O) groups is 2. The van der Waals surface area contributed by atoms with Gasteiger partial charge in [-0.25, -0.2) is 9.78 Å². The maximum Gasteiger partial charge on any atom is 0.409 e. The zero-order valence-corrected chi connectivity index (χ0v) is 17.9. The van der Waals surface area contributed by atoms with Crippen LogP contribution in [0.1, 0.15) is 19.8 Å². The van der Waals surface area contributed by atoms with Gasteiger partial charge in [0.05, 0.1) is 17.7 Å². The molecule has 1 aliphatic heterocycles. The largest absolute Gasteiger partial charge is 0.450 e. The van der Waals surface area contributed by atoms with Crippen LogP contribution < -0.4 is 10.9 Å². The van der Waals surface area contributed by atoms with Crippen molar-refractivity contribution < 1.29 is 14.3 Å².